The topological polar surface area (TPSA) is 0 Å². The zero-order valence-electron chi connectivity index (χ0n) is 5.99. The fourth-order valence-corrected chi connectivity index (χ4v) is 0.866. The maximum atomic E-state index is 2.25. The molecule has 0 aliphatic heterocycles. The summed E-state index contributed by atoms with van der Waals surface area (Å²) in [5.74, 6) is 0. The second kappa shape index (κ2) is 9.73. The van der Waals surface area contributed by atoms with Crippen molar-refractivity contribution in [1.82, 2.24) is 0 Å². The van der Waals surface area contributed by atoms with E-state index in [1.807, 2.05) is 0 Å². The Kier molecular flexibility index (Phi) is 17.0. The average molecular weight is 113 g/mol. The molecule has 6 heavy (non-hydrogen) atoms. The van der Waals surface area contributed by atoms with Gasteiger partial charge < -0.3 is 1.43 Å². The van der Waals surface area contributed by atoms with E-state index in [0.29, 0.717) is 0 Å². The smallest absolute Gasteiger partial charge is 1.00 e. The first-order valence-corrected chi connectivity index (χ1v) is 3.86. The second-order valence-corrected chi connectivity index (χ2v) is 3.32. The normalized spacial score (nSPS) is 6.33. The molecule has 0 aliphatic rings. The molecule has 0 rings (SSSR count). The Balaban J connectivity index is -0.0000000133. The molecule has 2 heteroatoms. The van der Waals surface area contributed by atoms with E-state index in [1.165, 1.54) is 10.6 Å². The van der Waals surface area contributed by atoms with Crippen molar-refractivity contribution in [2.24, 2.45) is 0 Å². The Morgan fingerprint density at radius 2 is 1.83 bits per heavy atom. The van der Waals surface area contributed by atoms with Gasteiger partial charge in [-0.2, -0.15) is 0 Å². The fourth-order valence-electron chi connectivity index (χ4n) is 0.289. The summed E-state index contributed by atoms with van der Waals surface area (Å²) >= 11 is 0.815. The Hall–Kier alpha value is 1.53. The van der Waals surface area contributed by atoms with Gasteiger partial charge in [0.05, 0.1) is 0 Å². The van der Waals surface area contributed by atoms with Crippen LogP contribution in [0.25, 0.3) is 0 Å². The van der Waals surface area contributed by atoms with E-state index in [4.69, 9.17) is 0 Å². The molecule has 0 N–H and O–H groups in total. The van der Waals surface area contributed by atoms with Crippen LogP contribution in [0.3, 0.4) is 0 Å². The van der Waals surface area contributed by atoms with Gasteiger partial charge in [-0.05, 0) is 0 Å². The summed E-state index contributed by atoms with van der Waals surface area (Å²) in [4.78, 5) is 0. The van der Waals surface area contributed by atoms with Crippen molar-refractivity contribution < 1.29 is 33.8 Å². The summed E-state index contributed by atoms with van der Waals surface area (Å²) < 4.78 is 0. The molecule has 0 atom stereocenters. The molecule has 0 bridgehead atoms. The van der Waals surface area contributed by atoms with Crippen LogP contribution in [-0.2, 0) is 0 Å². The van der Waals surface area contributed by atoms with Crippen molar-refractivity contribution in [1.29, 1.82) is 0 Å². The van der Waals surface area contributed by atoms with Gasteiger partial charge >= 0.3 is 29.6 Å². The maximum absolute atomic E-state index is 2.25. The SMILES string of the molecule is C[CH2][Al][CH2]C.[H-].[HH].[HH].[Na+]. The summed E-state index contributed by atoms with van der Waals surface area (Å²) in [6, 6.07) is 0. The second-order valence-electron chi connectivity index (χ2n) is 1.11. The molecule has 0 heterocycles. The summed E-state index contributed by atoms with van der Waals surface area (Å²) in [5, 5.41) is 2.85. The van der Waals surface area contributed by atoms with Crippen molar-refractivity contribution in [2.45, 2.75) is 24.4 Å². The molecule has 0 unspecified atom stereocenters. The average Bonchev–Trinajstić information content (AvgIpc) is 1.41. The summed E-state index contributed by atoms with van der Waals surface area (Å²) in [7, 11) is 0. The first kappa shape index (κ1) is 10.5. The van der Waals surface area contributed by atoms with E-state index in [-0.39, 0.29) is 33.8 Å². The van der Waals surface area contributed by atoms with Crippen LogP contribution in [0.4, 0.5) is 0 Å². The van der Waals surface area contributed by atoms with Crippen LogP contribution < -0.4 is 29.6 Å². The van der Waals surface area contributed by atoms with Gasteiger partial charge in [0.15, 0.2) is 15.2 Å². The Labute approximate surface area is 73.2 Å². The Bertz CT molecular complexity index is 23.3. The quantitative estimate of drug-likeness (QED) is 0.410. The third-order valence-electron chi connectivity index (χ3n) is 0.577. The molecular weight excluding hydrogens is 98.0 g/mol. The van der Waals surface area contributed by atoms with Crippen LogP contribution in [0.2, 0.25) is 10.6 Å². The standard InChI is InChI=1S/2C2H5.Al.Na.2H2.H/c2*1-2;;;;;/h2*1H2,2H3;;;2*1H;/q;;;+1;;;-1. The molecule has 0 amide bonds. The molecule has 0 aliphatic carbocycles. The monoisotopic (exact) mass is 113 g/mol. The third-order valence-corrected chi connectivity index (χ3v) is 1.73. The summed E-state index contributed by atoms with van der Waals surface area (Å²) in [5.41, 5.74) is 0. The van der Waals surface area contributed by atoms with Gasteiger partial charge in [0.2, 0.25) is 0 Å². The first-order valence-electron chi connectivity index (χ1n) is 2.23. The molecule has 0 aromatic heterocycles. The molecule has 0 spiro atoms. The fraction of sp³-hybridized carbons (Fsp3) is 1.00. The largest absolute Gasteiger partial charge is 1.00 e. The van der Waals surface area contributed by atoms with Crippen molar-refractivity contribution in [3.63, 3.8) is 0 Å². The van der Waals surface area contributed by atoms with Crippen LogP contribution in [-0.4, -0.2) is 15.2 Å². The predicted molar refractivity (Wildman–Crippen MR) is 32.1 cm³/mol. The zero-order chi connectivity index (χ0) is 4.12. The molecule has 35 valence electrons. The minimum atomic E-state index is 0. The molecular formula is C4H15AlNa. The van der Waals surface area contributed by atoms with Crippen LogP contribution in [0.5, 0.6) is 0 Å². The number of hydrogen-bond donors (Lipinski definition) is 0. The van der Waals surface area contributed by atoms with Gasteiger partial charge in [0.25, 0.3) is 0 Å². The Morgan fingerprint density at radius 1 is 1.50 bits per heavy atom. The van der Waals surface area contributed by atoms with E-state index >= 15 is 0 Å². The van der Waals surface area contributed by atoms with Gasteiger partial charge in [-0.15, -0.1) is 10.6 Å². The third kappa shape index (κ3) is 9.11. The maximum Gasteiger partial charge on any atom is 1.00 e. The van der Waals surface area contributed by atoms with Crippen molar-refractivity contribution in [3.8, 4) is 0 Å². The molecule has 0 saturated heterocycles. The van der Waals surface area contributed by atoms with E-state index in [1.54, 1.807) is 0 Å². The van der Waals surface area contributed by atoms with Gasteiger partial charge in [-0.25, -0.2) is 0 Å². The van der Waals surface area contributed by atoms with Gasteiger partial charge in [0, 0.05) is 2.85 Å². The first-order chi connectivity index (χ1) is 2.41. The van der Waals surface area contributed by atoms with Gasteiger partial charge in [-0.1, -0.05) is 13.8 Å². The molecule has 0 nitrogen and oxygen atoms in total. The summed E-state index contributed by atoms with van der Waals surface area (Å²) in [6.45, 7) is 4.50. The van der Waals surface area contributed by atoms with Crippen LogP contribution in [0.15, 0.2) is 0 Å². The predicted octanol–water partition coefficient (Wildman–Crippen LogP) is -0.825. The van der Waals surface area contributed by atoms with E-state index in [2.05, 4.69) is 13.8 Å². The molecule has 0 aromatic rings. The van der Waals surface area contributed by atoms with E-state index in [9.17, 15) is 0 Å². The number of rotatable bonds is 2. The minimum Gasteiger partial charge on any atom is -1.00 e. The van der Waals surface area contributed by atoms with Crippen molar-refractivity contribution in [3.05, 3.63) is 0 Å². The molecule has 0 fully saturated rings. The number of hydrogen-bond acceptors (Lipinski definition) is 0. The van der Waals surface area contributed by atoms with Gasteiger partial charge in [0.1, 0.15) is 0 Å². The zero-order valence-corrected chi connectivity index (χ0v) is 8.15. The van der Waals surface area contributed by atoms with Crippen molar-refractivity contribution in [2.75, 3.05) is 0 Å². The van der Waals surface area contributed by atoms with Gasteiger partial charge in [-0.3, -0.25) is 0 Å². The minimum absolute atomic E-state index is 0. The summed E-state index contributed by atoms with van der Waals surface area (Å²) in [6.07, 6.45) is 0. The molecule has 1 radical (unpaired) electrons. The molecule has 0 aromatic carbocycles. The van der Waals surface area contributed by atoms with Crippen LogP contribution in [0.1, 0.15) is 18.1 Å². The van der Waals surface area contributed by atoms with Crippen LogP contribution in [0, 0.1) is 0 Å². The van der Waals surface area contributed by atoms with Crippen molar-refractivity contribution >= 4 is 15.2 Å². The molecule has 0 saturated carbocycles. The van der Waals surface area contributed by atoms with E-state index < -0.39 is 0 Å². The Morgan fingerprint density at radius 3 is 1.83 bits per heavy atom. The van der Waals surface area contributed by atoms with Crippen LogP contribution >= 0.6 is 0 Å². The van der Waals surface area contributed by atoms with E-state index in [0.717, 1.165) is 15.2 Å².